The van der Waals surface area contributed by atoms with Crippen molar-refractivity contribution in [3.8, 4) is 22.3 Å². The van der Waals surface area contributed by atoms with Crippen molar-refractivity contribution in [2.45, 2.75) is 0 Å². The fourth-order valence-electron chi connectivity index (χ4n) is 7.74. The van der Waals surface area contributed by atoms with Gasteiger partial charge in [0.15, 0.2) is 0 Å². The topological polar surface area (TPSA) is 16.4 Å². The van der Waals surface area contributed by atoms with Gasteiger partial charge in [-0.05, 0) is 86.1 Å². The zero-order valence-corrected chi connectivity index (χ0v) is 27.3. The van der Waals surface area contributed by atoms with Crippen LogP contribution in [0, 0.1) is 0 Å². The molecule has 0 aliphatic carbocycles. The third-order valence-corrected chi connectivity index (χ3v) is 10.0. The highest BCUT2D eigenvalue weighted by Crippen LogP contribution is 2.47. The number of fused-ring (bicyclic) bond motifs is 8. The Morgan fingerprint density at radius 3 is 1.84 bits per heavy atom. The van der Waals surface area contributed by atoms with Gasteiger partial charge < -0.3 is 9.32 Å². The lowest BCUT2D eigenvalue weighted by atomic mass is 9.93. The SMILES string of the molecule is c1ccc(-c2ccccc2N(c2ccc(-c3cc4ccccc4c4ccccc34)cc2)c2cccc3oc4c5ccccc5ccc4c23)cc1. The van der Waals surface area contributed by atoms with Gasteiger partial charge in [0.25, 0.3) is 0 Å². The molecular formula is C48H31NO. The number of para-hydroxylation sites is 1. The van der Waals surface area contributed by atoms with Crippen molar-refractivity contribution >= 4 is 71.3 Å². The second-order valence-electron chi connectivity index (χ2n) is 12.9. The number of hydrogen-bond acceptors (Lipinski definition) is 2. The molecule has 0 radical (unpaired) electrons. The van der Waals surface area contributed by atoms with Crippen LogP contribution < -0.4 is 4.90 Å². The number of rotatable bonds is 5. The van der Waals surface area contributed by atoms with E-state index in [-0.39, 0.29) is 0 Å². The van der Waals surface area contributed by atoms with Crippen LogP contribution in [0.1, 0.15) is 0 Å². The average molecular weight is 638 g/mol. The van der Waals surface area contributed by atoms with Crippen LogP contribution in [0.3, 0.4) is 0 Å². The van der Waals surface area contributed by atoms with E-state index in [1.807, 2.05) is 0 Å². The van der Waals surface area contributed by atoms with Gasteiger partial charge in [0.1, 0.15) is 11.2 Å². The van der Waals surface area contributed by atoms with Crippen molar-refractivity contribution in [3.05, 3.63) is 188 Å². The molecule has 0 bridgehead atoms. The van der Waals surface area contributed by atoms with E-state index in [0.29, 0.717) is 0 Å². The van der Waals surface area contributed by atoms with Gasteiger partial charge in [-0.1, -0.05) is 146 Å². The van der Waals surface area contributed by atoms with E-state index in [2.05, 4.69) is 193 Å². The molecule has 234 valence electrons. The third kappa shape index (κ3) is 4.50. The summed E-state index contributed by atoms with van der Waals surface area (Å²) in [5.74, 6) is 0. The van der Waals surface area contributed by atoms with E-state index in [0.717, 1.165) is 50.0 Å². The first-order valence-corrected chi connectivity index (χ1v) is 17.1. The number of hydrogen-bond donors (Lipinski definition) is 0. The number of furan rings is 1. The molecule has 10 aromatic rings. The second kappa shape index (κ2) is 11.5. The summed E-state index contributed by atoms with van der Waals surface area (Å²) in [6.07, 6.45) is 0. The molecule has 0 saturated heterocycles. The minimum Gasteiger partial charge on any atom is -0.455 e. The minimum atomic E-state index is 0.871. The molecule has 2 nitrogen and oxygen atoms in total. The molecule has 0 spiro atoms. The predicted molar refractivity (Wildman–Crippen MR) is 212 cm³/mol. The van der Waals surface area contributed by atoms with Crippen molar-refractivity contribution in [1.82, 2.24) is 0 Å². The van der Waals surface area contributed by atoms with E-state index >= 15 is 0 Å². The largest absolute Gasteiger partial charge is 0.455 e. The van der Waals surface area contributed by atoms with Crippen LogP contribution in [0.4, 0.5) is 17.1 Å². The molecule has 1 heterocycles. The smallest absolute Gasteiger partial charge is 0.143 e. The lowest BCUT2D eigenvalue weighted by Gasteiger charge is -2.28. The van der Waals surface area contributed by atoms with Gasteiger partial charge in [-0.3, -0.25) is 0 Å². The van der Waals surface area contributed by atoms with Crippen LogP contribution in [-0.4, -0.2) is 0 Å². The molecule has 0 fully saturated rings. The van der Waals surface area contributed by atoms with E-state index in [9.17, 15) is 0 Å². The zero-order chi connectivity index (χ0) is 33.0. The summed E-state index contributed by atoms with van der Waals surface area (Å²) in [5, 5.41) is 9.55. The summed E-state index contributed by atoms with van der Waals surface area (Å²) >= 11 is 0. The number of benzene rings is 9. The number of anilines is 3. The van der Waals surface area contributed by atoms with Crippen LogP contribution in [-0.2, 0) is 0 Å². The highest BCUT2D eigenvalue weighted by Gasteiger charge is 2.22. The Hall–Kier alpha value is -6.64. The van der Waals surface area contributed by atoms with E-state index in [1.54, 1.807) is 0 Å². The minimum absolute atomic E-state index is 0.871. The first-order chi connectivity index (χ1) is 24.8. The number of nitrogens with zero attached hydrogens (tertiary/aromatic N) is 1. The van der Waals surface area contributed by atoms with Crippen LogP contribution in [0.15, 0.2) is 192 Å². The average Bonchev–Trinajstić information content (AvgIpc) is 3.59. The monoisotopic (exact) mass is 637 g/mol. The predicted octanol–water partition coefficient (Wildman–Crippen LogP) is 13.8. The van der Waals surface area contributed by atoms with Crippen LogP contribution >= 0.6 is 0 Å². The summed E-state index contributed by atoms with van der Waals surface area (Å²) in [6.45, 7) is 0. The maximum Gasteiger partial charge on any atom is 0.143 e. The fraction of sp³-hybridized carbons (Fsp3) is 0. The molecule has 0 atom stereocenters. The Morgan fingerprint density at radius 1 is 0.360 bits per heavy atom. The Bertz CT molecular complexity index is 2870. The molecule has 0 saturated carbocycles. The van der Waals surface area contributed by atoms with Gasteiger partial charge in [-0.25, -0.2) is 0 Å². The summed E-state index contributed by atoms with van der Waals surface area (Å²) in [7, 11) is 0. The van der Waals surface area contributed by atoms with Crippen molar-refractivity contribution < 1.29 is 4.42 Å². The second-order valence-corrected chi connectivity index (χ2v) is 12.9. The maximum atomic E-state index is 6.67. The molecule has 10 rings (SSSR count). The maximum absolute atomic E-state index is 6.67. The third-order valence-electron chi connectivity index (χ3n) is 10.0. The summed E-state index contributed by atoms with van der Waals surface area (Å²) in [5.41, 5.74) is 9.78. The summed E-state index contributed by atoms with van der Waals surface area (Å²) < 4.78 is 6.67. The Kier molecular flexibility index (Phi) is 6.53. The van der Waals surface area contributed by atoms with E-state index in [1.165, 1.54) is 43.6 Å². The first-order valence-electron chi connectivity index (χ1n) is 17.1. The highest BCUT2D eigenvalue weighted by molar-refractivity contribution is 6.20. The molecule has 0 amide bonds. The van der Waals surface area contributed by atoms with Crippen LogP contribution in [0.2, 0.25) is 0 Å². The molecule has 2 heteroatoms. The Balaban J connectivity index is 1.21. The lowest BCUT2D eigenvalue weighted by Crippen LogP contribution is -2.11. The van der Waals surface area contributed by atoms with E-state index in [4.69, 9.17) is 4.42 Å². The summed E-state index contributed by atoms with van der Waals surface area (Å²) in [6, 6.07) is 67.4. The van der Waals surface area contributed by atoms with Gasteiger partial charge in [-0.2, -0.15) is 0 Å². The molecule has 1 aromatic heterocycles. The van der Waals surface area contributed by atoms with Crippen LogP contribution in [0.5, 0.6) is 0 Å². The molecular weight excluding hydrogens is 607 g/mol. The normalized spacial score (nSPS) is 11.6. The zero-order valence-electron chi connectivity index (χ0n) is 27.3. The van der Waals surface area contributed by atoms with Gasteiger partial charge in [0.2, 0.25) is 0 Å². The van der Waals surface area contributed by atoms with Crippen molar-refractivity contribution in [1.29, 1.82) is 0 Å². The summed E-state index contributed by atoms with van der Waals surface area (Å²) in [4.78, 5) is 2.40. The van der Waals surface area contributed by atoms with Gasteiger partial charge >= 0.3 is 0 Å². The van der Waals surface area contributed by atoms with Gasteiger partial charge in [-0.15, -0.1) is 0 Å². The molecule has 0 aliphatic heterocycles. The lowest BCUT2D eigenvalue weighted by molar-refractivity contribution is 0.672. The van der Waals surface area contributed by atoms with Crippen LogP contribution in [0.25, 0.3) is 76.5 Å². The molecule has 50 heavy (non-hydrogen) atoms. The standard InChI is InChI=1S/C48H31NO/c1-2-13-32(14-3-1)38-18-10-11-22-44(38)49(45-23-12-24-46-47(45)42-30-27-33-15-4-7-19-39(33)48(42)50-46)36-28-25-34(26-29-36)43-31-35-16-5-6-17-37(35)40-20-8-9-21-41(40)43/h1-31H. The van der Waals surface area contributed by atoms with Crippen molar-refractivity contribution in [2.75, 3.05) is 4.90 Å². The molecule has 0 aliphatic rings. The van der Waals surface area contributed by atoms with Crippen molar-refractivity contribution in [3.63, 3.8) is 0 Å². The Labute approximate surface area is 290 Å². The Morgan fingerprint density at radius 2 is 1.00 bits per heavy atom. The van der Waals surface area contributed by atoms with E-state index < -0.39 is 0 Å². The molecule has 0 N–H and O–H groups in total. The van der Waals surface area contributed by atoms with Gasteiger partial charge in [0, 0.05) is 22.0 Å². The first kappa shape index (κ1) is 28.4. The quantitative estimate of drug-likeness (QED) is 0.175. The fourth-order valence-corrected chi connectivity index (χ4v) is 7.74. The highest BCUT2D eigenvalue weighted by atomic mass is 16.3. The van der Waals surface area contributed by atoms with Gasteiger partial charge in [0.05, 0.1) is 16.8 Å². The molecule has 9 aromatic carbocycles. The molecule has 0 unspecified atom stereocenters. The van der Waals surface area contributed by atoms with Crippen molar-refractivity contribution in [2.24, 2.45) is 0 Å².